The van der Waals surface area contributed by atoms with Crippen LogP contribution in [0.5, 0.6) is 0 Å². The Labute approximate surface area is 107 Å². The van der Waals surface area contributed by atoms with Crippen molar-refractivity contribution in [2.75, 3.05) is 13.1 Å². The number of fused-ring (bicyclic) bond motifs is 2. The van der Waals surface area contributed by atoms with E-state index in [-0.39, 0.29) is 18.6 Å². The molecular formula is C13H21NO4. The molecule has 3 aliphatic rings. The van der Waals surface area contributed by atoms with Crippen molar-refractivity contribution >= 4 is 11.9 Å². The van der Waals surface area contributed by atoms with E-state index in [1.54, 1.807) is 4.90 Å². The number of carbonyl (C=O) groups is 2. The summed E-state index contributed by atoms with van der Waals surface area (Å²) in [6.07, 6.45) is 3.19. The van der Waals surface area contributed by atoms with Gasteiger partial charge in [0.15, 0.2) is 0 Å². The number of carboxylic acid groups (broad SMARTS) is 2. The summed E-state index contributed by atoms with van der Waals surface area (Å²) < 4.78 is 0. The molecule has 3 rings (SSSR count). The minimum atomic E-state index is -0.945. The molecule has 0 aromatic carbocycles. The van der Waals surface area contributed by atoms with E-state index >= 15 is 0 Å². The quantitative estimate of drug-likeness (QED) is 0.773. The van der Waals surface area contributed by atoms with Crippen LogP contribution in [0.25, 0.3) is 0 Å². The highest BCUT2D eigenvalue weighted by atomic mass is 16.4. The van der Waals surface area contributed by atoms with E-state index in [0.717, 1.165) is 12.8 Å². The van der Waals surface area contributed by atoms with Crippen LogP contribution in [-0.4, -0.2) is 45.7 Å². The zero-order valence-corrected chi connectivity index (χ0v) is 10.9. The lowest BCUT2D eigenvalue weighted by molar-refractivity contribution is -0.185. The molecule has 0 amide bonds. The molecule has 3 fully saturated rings. The Morgan fingerprint density at radius 3 is 2.06 bits per heavy atom. The van der Waals surface area contributed by atoms with E-state index in [9.17, 15) is 9.59 Å². The van der Waals surface area contributed by atoms with Crippen molar-refractivity contribution in [3.8, 4) is 0 Å². The second-order valence-corrected chi connectivity index (χ2v) is 5.77. The van der Waals surface area contributed by atoms with Crippen LogP contribution >= 0.6 is 0 Å². The zero-order valence-electron chi connectivity index (χ0n) is 10.9. The summed E-state index contributed by atoms with van der Waals surface area (Å²) in [4.78, 5) is 23.6. The second kappa shape index (κ2) is 4.53. The largest absolute Gasteiger partial charge is 0.480 e. The summed E-state index contributed by atoms with van der Waals surface area (Å²) in [5.74, 6) is -0.457. The van der Waals surface area contributed by atoms with Gasteiger partial charge in [0, 0.05) is 5.54 Å². The van der Waals surface area contributed by atoms with E-state index in [0.29, 0.717) is 17.8 Å². The van der Waals surface area contributed by atoms with Crippen LogP contribution in [0.3, 0.4) is 0 Å². The lowest BCUT2D eigenvalue weighted by atomic mass is 9.46. The summed E-state index contributed by atoms with van der Waals surface area (Å²) in [6, 6.07) is 0. The fourth-order valence-corrected chi connectivity index (χ4v) is 4.46. The van der Waals surface area contributed by atoms with E-state index in [1.165, 1.54) is 6.42 Å². The van der Waals surface area contributed by atoms with Crippen LogP contribution in [0.2, 0.25) is 0 Å². The van der Waals surface area contributed by atoms with Gasteiger partial charge in [0.25, 0.3) is 0 Å². The number of carboxylic acids is 2. The highest BCUT2D eigenvalue weighted by Crippen LogP contribution is 2.60. The third-order valence-electron chi connectivity index (χ3n) is 5.22. The monoisotopic (exact) mass is 255 g/mol. The fourth-order valence-electron chi connectivity index (χ4n) is 4.46. The summed E-state index contributed by atoms with van der Waals surface area (Å²) in [7, 11) is 0. The molecule has 0 saturated heterocycles. The van der Waals surface area contributed by atoms with Crippen molar-refractivity contribution in [2.24, 2.45) is 17.8 Å². The lowest BCUT2D eigenvalue weighted by Crippen LogP contribution is -2.72. The molecule has 5 heteroatoms. The van der Waals surface area contributed by atoms with Gasteiger partial charge in [-0.05, 0) is 30.6 Å². The highest BCUT2D eigenvalue weighted by Gasteiger charge is 2.62. The first-order valence-corrected chi connectivity index (χ1v) is 6.58. The molecule has 0 aliphatic heterocycles. The maximum atomic E-state index is 11.0. The first-order valence-electron chi connectivity index (χ1n) is 6.58. The van der Waals surface area contributed by atoms with Gasteiger partial charge in [-0.1, -0.05) is 20.3 Å². The molecule has 2 unspecified atom stereocenters. The molecule has 2 bridgehead atoms. The van der Waals surface area contributed by atoms with E-state index in [4.69, 9.17) is 10.2 Å². The molecule has 3 saturated carbocycles. The van der Waals surface area contributed by atoms with E-state index in [1.807, 2.05) is 0 Å². The Balaban J connectivity index is 2.23. The van der Waals surface area contributed by atoms with Crippen LogP contribution < -0.4 is 0 Å². The SMILES string of the molecule is CC1[C@H]2CCCC1(N(CC(=O)O)CC(=O)O)[C@H]2C. The Morgan fingerprint density at radius 2 is 1.67 bits per heavy atom. The maximum Gasteiger partial charge on any atom is 0.317 e. The maximum absolute atomic E-state index is 11.0. The Kier molecular flexibility index (Phi) is 3.36. The number of hydrogen-bond donors (Lipinski definition) is 2. The Hall–Kier alpha value is -1.10. The molecule has 102 valence electrons. The predicted octanol–water partition coefficient (Wildman–Crippen LogP) is 1.28. The van der Waals surface area contributed by atoms with Crippen LogP contribution in [0.4, 0.5) is 0 Å². The fraction of sp³-hybridized carbons (Fsp3) is 0.846. The Bertz CT molecular complexity index is 342. The van der Waals surface area contributed by atoms with Crippen LogP contribution in [0, 0.1) is 17.8 Å². The van der Waals surface area contributed by atoms with Gasteiger partial charge in [-0.15, -0.1) is 0 Å². The summed E-state index contributed by atoms with van der Waals surface area (Å²) in [5.41, 5.74) is -0.209. The topological polar surface area (TPSA) is 77.8 Å². The molecule has 0 aromatic heterocycles. The highest BCUT2D eigenvalue weighted by molar-refractivity contribution is 5.73. The van der Waals surface area contributed by atoms with Gasteiger partial charge in [-0.25, -0.2) is 0 Å². The first kappa shape index (κ1) is 13.3. The van der Waals surface area contributed by atoms with E-state index < -0.39 is 11.9 Å². The first-order chi connectivity index (χ1) is 8.39. The number of hydrogen-bond acceptors (Lipinski definition) is 3. The Morgan fingerprint density at radius 1 is 1.17 bits per heavy atom. The minimum Gasteiger partial charge on any atom is -0.480 e. The van der Waals surface area contributed by atoms with Crippen LogP contribution in [0.15, 0.2) is 0 Å². The third kappa shape index (κ3) is 1.81. The van der Waals surface area contributed by atoms with Crippen molar-refractivity contribution in [2.45, 2.75) is 38.6 Å². The molecule has 2 N–H and O–H groups in total. The van der Waals surface area contributed by atoms with Crippen molar-refractivity contribution < 1.29 is 19.8 Å². The molecule has 0 heterocycles. The minimum absolute atomic E-state index is 0.173. The van der Waals surface area contributed by atoms with Gasteiger partial charge < -0.3 is 10.2 Å². The van der Waals surface area contributed by atoms with Gasteiger partial charge in [-0.2, -0.15) is 0 Å². The average molecular weight is 255 g/mol. The normalized spacial score (nSPS) is 38.3. The molecular weight excluding hydrogens is 234 g/mol. The van der Waals surface area contributed by atoms with Crippen LogP contribution in [-0.2, 0) is 9.59 Å². The molecule has 0 aromatic rings. The van der Waals surface area contributed by atoms with Gasteiger partial charge in [0.05, 0.1) is 13.1 Å². The van der Waals surface area contributed by atoms with E-state index in [2.05, 4.69) is 13.8 Å². The average Bonchev–Trinajstić information content (AvgIpc) is 2.28. The number of aliphatic carboxylic acids is 2. The zero-order chi connectivity index (χ0) is 13.5. The van der Waals surface area contributed by atoms with Gasteiger partial charge in [-0.3, -0.25) is 14.5 Å². The molecule has 0 radical (unpaired) electrons. The van der Waals surface area contributed by atoms with Crippen LogP contribution in [0.1, 0.15) is 33.1 Å². The second-order valence-electron chi connectivity index (χ2n) is 5.77. The molecule has 18 heavy (non-hydrogen) atoms. The molecule has 4 atom stereocenters. The van der Waals surface area contributed by atoms with Crippen molar-refractivity contribution in [3.05, 3.63) is 0 Å². The molecule has 5 nitrogen and oxygen atoms in total. The van der Waals surface area contributed by atoms with Gasteiger partial charge in [0.1, 0.15) is 0 Å². The van der Waals surface area contributed by atoms with Gasteiger partial charge in [0.2, 0.25) is 0 Å². The third-order valence-corrected chi connectivity index (χ3v) is 5.22. The summed E-state index contributed by atoms with van der Waals surface area (Å²) >= 11 is 0. The van der Waals surface area contributed by atoms with Crippen molar-refractivity contribution in [1.82, 2.24) is 4.90 Å². The summed E-state index contributed by atoms with van der Waals surface area (Å²) in [6.45, 7) is 3.93. The molecule has 3 aliphatic carbocycles. The van der Waals surface area contributed by atoms with Crippen molar-refractivity contribution in [1.29, 1.82) is 0 Å². The smallest absolute Gasteiger partial charge is 0.317 e. The number of rotatable bonds is 5. The standard InChI is InChI=1S/C13H21NO4/c1-8-10-4-3-5-13(8,9(10)2)14(6-11(15)16)7-12(17)18/h8-10H,3-7H2,1-2H3,(H,15,16)(H,17,18)/t8-,9?,10-,13?/m0/s1. The van der Waals surface area contributed by atoms with Crippen molar-refractivity contribution in [3.63, 3.8) is 0 Å². The number of nitrogens with zero attached hydrogens (tertiary/aromatic N) is 1. The molecule has 0 spiro atoms. The lowest BCUT2D eigenvalue weighted by Gasteiger charge is -2.67. The predicted molar refractivity (Wildman–Crippen MR) is 65.2 cm³/mol. The summed E-state index contributed by atoms with van der Waals surface area (Å²) in [5, 5.41) is 18.0. The van der Waals surface area contributed by atoms with Gasteiger partial charge >= 0.3 is 11.9 Å².